The maximum atomic E-state index is 6.12. The maximum absolute atomic E-state index is 6.12. The molecule has 1 aromatic rings. The van der Waals surface area contributed by atoms with Gasteiger partial charge in [0.2, 0.25) is 0 Å². The summed E-state index contributed by atoms with van der Waals surface area (Å²) in [5.41, 5.74) is 9.83. The number of hydrogen-bond donors (Lipinski definition) is 1. The van der Waals surface area contributed by atoms with E-state index in [1.165, 1.54) is 23.1 Å². The Morgan fingerprint density at radius 3 is 2.75 bits per heavy atom. The first kappa shape index (κ1) is 13.2. The number of rotatable bonds is 6. The van der Waals surface area contributed by atoms with Crippen molar-refractivity contribution in [3.63, 3.8) is 0 Å². The molecule has 0 amide bonds. The predicted molar refractivity (Wildman–Crippen MR) is 68.6 cm³/mol. The lowest BCUT2D eigenvalue weighted by Crippen LogP contribution is -2.18. The second kappa shape index (κ2) is 6.66. The highest BCUT2D eigenvalue weighted by Gasteiger charge is 2.08. The summed E-state index contributed by atoms with van der Waals surface area (Å²) in [6.07, 6.45) is 2.28. The van der Waals surface area contributed by atoms with Gasteiger partial charge in [0.1, 0.15) is 0 Å². The average molecular weight is 221 g/mol. The summed E-state index contributed by atoms with van der Waals surface area (Å²) in [6.45, 7) is 7.78. The van der Waals surface area contributed by atoms with Crippen molar-refractivity contribution in [2.24, 2.45) is 5.73 Å². The van der Waals surface area contributed by atoms with Crippen molar-refractivity contribution in [2.75, 3.05) is 13.2 Å². The van der Waals surface area contributed by atoms with E-state index in [1.54, 1.807) is 0 Å². The van der Waals surface area contributed by atoms with Crippen LogP contribution in [-0.4, -0.2) is 13.2 Å². The molecule has 0 saturated carbocycles. The fraction of sp³-hybridized carbons (Fsp3) is 0.571. The molecule has 1 rings (SSSR count). The predicted octanol–water partition coefficient (Wildman–Crippen LogP) is 3.12. The molecule has 0 bridgehead atoms. The molecule has 0 saturated heterocycles. The van der Waals surface area contributed by atoms with Crippen molar-refractivity contribution in [3.05, 3.63) is 34.9 Å². The van der Waals surface area contributed by atoms with Crippen LogP contribution in [0, 0.1) is 13.8 Å². The van der Waals surface area contributed by atoms with Gasteiger partial charge in [0.05, 0.1) is 12.6 Å². The second-order valence-corrected chi connectivity index (χ2v) is 4.40. The Kier molecular flexibility index (Phi) is 5.50. The Morgan fingerprint density at radius 2 is 2.06 bits per heavy atom. The molecule has 0 aliphatic rings. The van der Waals surface area contributed by atoms with Crippen LogP contribution in [0.4, 0.5) is 0 Å². The molecule has 1 unspecified atom stereocenters. The lowest BCUT2D eigenvalue weighted by Gasteiger charge is -2.15. The van der Waals surface area contributed by atoms with E-state index in [-0.39, 0.29) is 6.04 Å². The lowest BCUT2D eigenvalue weighted by atomic mass is 10.00. The molecular weight excluding hydrogens is 198 g/mol. The molecule has 2 heteroatoms. The van der Waals surface area contributed by atoms with Gasteiger partial charge in [-0.3, -0.25) is 0 Å². The molecule has 0 spiro atoms. The molecule has 1 aromatic carbocycles. The quantitative estimate of drug-likeness (QED) is 0.749. The minimum atomic E-state index is -0.00300. The highest BCUT2D eigenvalue weighted by atomic mass is 16.5. The van der Waals surface area contributed by atoms with Gasteiger partial charge in [-0.1, -0.05) is 37.1 Å². The zero-order chi connectivity index (χ0) is 12.0. The lowest BCUT2D eigenvalue weighted by molar-refractivity contribution is 0.118. The summed E-state index contributed by atoms with van der Waals surface area (Å²) in [5, 5.41) is 0. The number of benzene rings is 1. The summed E-state index contributed by atoms with van der Waals surface area (Å²) in [7, 11) is 0. The SMILES string of the molecule is CCCCOCC(N)c1cc(C)ccc1C. The normalized spacial score (nSPS) is 12.8. The van der Waals surface area contributed by atoms with Gasteiger partial charge >= 0.3 is 0 Å². The number of unbranched alkanes of at least 4 members (excludes halogenated alkanes) is 1. The van der Waals surface area contributed by atoms with Crippen LogP contribution in [0.3, 0.4) is 0 Å². The largest absolute Gasteiger partial charge is 0.379 e. The highest BCUT2D eigenvalue weighted by molar-refractivity contribution is 5.32. The fourth-order valence-corrected chi connectivity index (χ4v) is 1.71. The monoisotopic (exact) mass is 221 g/mol. The first-order valence-electron chi connectivity index (χ1n) is 6.05. The molecule has 90 valence electrons. The van der Waals surface area contributed by atoms with Gasteiger partial charge in [0, 0.05) is 6.61 Å². The van der Waals surface area contributed by atoms with Crippen molar-refractivity contribution in [1.29, 1.82) is 0 Å². The number of hydrogen-bond acceptors (Lipinski definition) is 2. The third-order valence-electron chi connectivity index (χ3n) is 2.77. The van der Waals surface area contributed by atoms with Gasteiger partial charge in [-0.15, -0.1) is 0 Å². The Bertz CT molecular complexity index is 323. The fourth-order valence-electron chi connectivity index (χ4n) is 1.71. The Hall–Kier alpha value is -0.860. The van der Waals surface area contributed by atoms with Crippen molar-refractivity contribution in [1.82, 2.24) is 0 Å². The third kappa shape index (κ3) is 3.95. The molecule has 16 heavy (non-hydrogen) atoms. The molecule has 0 aliphatic heterocycles. The molecular formula is C14H23NO. The van der Waals surface area contributed by atoms with Crippen molar-refractivity contribution >= 4 is 0 Å². The topological polar surface area (TPSA) is 35.2 Å². The standard InChI is InChI=1S/C14H23NO/c1-4-5-8-16-10-14(15)13-9-11(2)6-7-12(13)3/h6-7,9,14H,4-5,8,10,15H2,1-3H3. The van der Waals surface area contributed by atoms with E-state index in [9.17, 15) is 0 Å². The zero-order valence-corrected chi connectivity index (χ0v) is 10.6. The molecule has 0 heterocycles. The number of aryl methyl sites for hydroxylation is 2. The molecule has 0 fully saturated rings. The summed E-state index contributed by atoms with van der Waals surface area (Å²) < 4.78 is 5.56. The molecule has 1 atom stereocenters. The van der Waals surface area contributed by atoms with Crippen LogP contribution in [0.2, 0.25) is 0 Å². The summed E-state index contributed by atoms with van der Waals surface area (Å²) in [5.74, 6) is 0. The smallest absolute Gasteiger partial charge is 0.0659 e. The third-order valence-corrected chi connectivity index (χ3v) is 2.77. The minimum absolute atomic E-state index is 0.00300. The van der Waals surface area contributed by atoms with Crippen LogP contribution < -0.4 is 5.73 Å². The molecule has 0 radical (unpaired) electrons. The van der Waals surface area contributed by atoms with Crippen LogP contribution in [0.15, 0.2) is 18.2 Å². The first-order valence-corrected chi connectivity index (χ1v) is 6.05. The van der Waals surface area contributed by atoms with Crippen molar-refractivity contribution in [3.8, 4) is 0 Å². The zero-order valence-electron chi connectivity index (χ0n) is 10.6. The van der Waals surface area contributed by atoms with Crippen molar-refractivity contribution < 1.29 is 4.74 Å². The second-order valence-electron chi connectivity index (χ2n) is 4.40. The molecule has 2 N–H and O–H groups in total. The maximum Gasteiger partial charge on any atom is 0.0659 e. The van der Waals surface area contributed by atoms with Gasteiger partial charge in [0.25, 0.3) is 0 Å². The first-order chi connectivity index (χ1) is 7.65. The summed E-state index contributed by atoms with van der Waals surface area (Å²) >= 11 is 0. The summed E-state index contributed by atoms with van der Waals surface area (Å²) in [6, 6.07) is 6.39. The molecule has 0 aliphatic carbocycles. The van der Waals surface area contributed by atoms with Crippen LogP contribution in [0.5, 0.6) is 0 Å². The van der Waals surface area contributed by atoms with Gasteiger partial charge in [-0.25, -0.2) is 0 Å². The number of ether oxygens (including phenoxy) is 1. The van der Waals surface area contributed by atoms with Crippen molar-refractivity contribution in [2.45, 2.75) is 39.7 Å². The van der Waals surface area contributed by atoms with E-state index < -0.39 is 0 Å². The van der Waals surface area contributed by atoms with Crippen LogP contribution in [0.25, 0.3) is 0 Å². The van der Waals surface area contributed by atoms with Crippen LogP contribution in [0.1, 0.15) is 42.5 Å². The molecule has 0 aromatic heterocycles. The van der Waals surface area contributed by atoms with Gasteiger partial charge < -0.3 is 10.5 Å². The van der Waals surface area contributed by atoms with Gasteiger partial charge in [0.15, 0.2) is 0 Å². The average Bonchev–Trinajstić information content (AvgIpc) is 2.27. The Balaban J connectivity index is 2.51. The minimum Gasteiger partial charge on any atom is -0.379 e. The van der Waals surface area contributed by atoms with E-state index in [4.69, 9.17) is 10.5 Å². The van der Waals surface area contributed by atoms with Gasteiger partial charge in [-0.2, -0.15) is 0 Å². The van der Waals surface area contributed by atoms with E-state index >= 15 is 0 Å². The highest BCUT2D eigenvalue weighted by Crippen LogP contribution is 2.17. The van der Waals surface area contributed by atoms with E-state index in [2.05, 4.69) is 39.0 Å². The number of nitrogens with two attached hydrogens (primary N) is 1. The Labute approximate surface area is 98.8 Å². The van der Waals surface area contributed by atoms with E-state index in [0.717, 1.165) is 13.0 Å². The molecule has 2 nitrogen and oxygen atoms in total. The summed E-state index contributed by atoms with van der Waals surface area (Å²) in [4.78, 5) is 0. The van der Waals surface area contributed by atoms with Crippen LogP contribution >= 0.6 is 0 Å². The Morgan fingerprint density at radius 1 is 1.31 bits per heavy atom. The van der Waals surface area contributed by atoms with Crippen LogP contribution in [-0.2, 0) is 4.74 Å². The van der Waals surface area contributed by atoms with E-state index in [0.29, 0.717) is 6.61 Å². The van der Waals surface area contributed by atoms with Gasteiger partial charge in [-0.05, 0) is 31.4 Å². The van der Waals surface area contributed by atoms with E-state index in [1.807, 2.05) is 0 Å².